The number of benzene rings is 2. The van der Waals surface area contributed by atoms with Crippen molar-refractivity contribution in [2.45, 2.75) is 37.7 Å². The second kappa shape index (κ2) is 7.78. The molecular weight excluding hydrogens is 426 g/mol. The first kappa shape index (κ1) is 20.6. The highest BCUT2D eigenvalue weighted by atomic mass is 32.1. The first-order chi connectivity index (χ1) is 15.5. The SMILES string of the molecule is Cc1ccc(B([OH2+])C2O[C@]34CO[C@H](CO3)C[C@H]24)cc1Cc1ccc(-c2ccc(F)cc2)s1. The average Bonchev–Trinajstić information content (AvgIpc) is 3.26. The standard InChI is InChI=1S/C25H24BFO4S/c1-15-2-5-18(26(28)24-22-12-20-13-30-25(22,31-24)14-29-20)10-17(15)11-21-8-9-23(32-21)16-3-6-19(27)7-4-16/h2-10,20,22,24,28H,11-14H2,1H3/p+1/t20-,22+,24?,25-/m0/s1. The maximum Gasteiger partial charge on any atom is 0.582 e. The fourth-order valence-corrected chi connectivity index (χ4v) is 6.18. The summed E-state index contributed by atoms with van der Waals surface area (Å²) in [6.07, 6.45) is 1.87. The van der Waals surface area contributed by atoms with Gasteiger partial charge < -0.3 is 19.2 Å². The van der Waals surface area contributed by atoms with Crippen LogP contribution in [-0.2, 0) is 20.6 Å². The number of rotatable bonds is 5. The van der Waals surface area contributed by atoms with Crippen molar-refractivity contribution < 1.29 is 23.6 Å². The molecule has 32 heavy (non-hydrogen) atoms. The van der Waals surface area contributed by atoms with E-state index < -0.39 is 12.7 Å². The van der Waals surface area contributed by atoms with Crippen molar-refractivity contribution in [3.63, 3.8) is 0 Å². The molecule has 4 fully saturated rings. The van der Waals surface area contributed by atoms with Crippen molar-refractivity contribution in [3.05, 3.63) is 76.4 Å². The van der Waals surface area contributed by atoms with E-state index >= 15 is 0 Å². The fraction of sp³-hybridized carbons (Fsp3) is 0.360. The lowest BCUT2D eigenvalue weighted by molar-refractivity contribution is -0.440. The Hall–Kier alpha value is -2.03. The molecule has 7 rings (SSSR count). The second-order valence-electron chi connectivity index (χ2n) is 9.09. The maximum absolute atomic E-state index is 13.2. The topological polar surface area (TPSA) is 50.6 Å². The monoisotopic (exact) mass is 451 g/mol. The van der Waals surface area contributed by atoms with Crippen molar-refractivity contribution in [3.8, 4) is 10.4 Å². The Morgan fingerprint density at radius 2 is 2.00 bits per heavy atom. The molecule has 1 spiro atoms. The van der Waals surface area contributed by atoms with E-state index in [2.05, 4.69) is 37.3 Å². The highest BCUT2D eigenvalue weighted by molar-refractivity contribution is 7.15. The van der Waals surface area contributed by atoms with Gasteiger partial charge in [-0.25, -0.2) is 4.39 Å². The number of hydrogen-bond acceptors (Lipinski definition) is 4. The molecule has 1 unspecified atom stereocenters. The number of halogens is 1. The molecule has 4 aliphatic heterocycles. The van der Waals surface area contributed by atoms with Gasteiger partial charge in [-0.1, -0.05) is 30.3 Å². The number of fused-ring (bicyclic) bond motifs is 2. The van der Waals surface area contributed by atoms with E-state index in [1.165, 1.54) is 28.1 Å². The summed E-state index contributed by atoms with van der Waals surface area (Å²) in [4.78, 5) is 2.38. The Kier molecular flexibility index (Phi) is 5.00. The molecule has 4 nitrogen and oxygen atoms in total. The molecule has 4 atom stereocenters. The number of hydrogen-bond donors (Lipinski definition) is 0. The summed E-state index contributed by atoms with van der Waals surface area (Å²) in [6.45, 7) is 2.76. The van der Waals surface area contributed by atoms with Gasteiger partial charge in [0.05, 0.1) is 12.7 Å². The first-order valence-electron chi connectivity index (χ1n) is 11.1. The van der Waals surface area contributed by atoms with E-state index in [0.717, 1.165) is 28.7 Å². The van der Waals surface area contributed by atoms with E-state index in [4.69, 9.17) is 19.2 Å². The van der Waals surface area contributed by atoms with Crippen molar-refractivity contribution in [1.82, 2.24) is 0 Å². The maximum atomic E-state index is 13.2. The number of thiophene rings is 1. The predicted molar refractivity (Wildman–Crippen MR) is 124 cm³/mol. The zero-order chi connectivity index (χ0) is 21.9. The summed E-state index contributed by atoms with van der Waals surface area (Å²) in [5.41, 5.74) is 4.47. The van der Waals surface area contributed by atoms with E-state index in [0.29, 0.717) is 13.2 Å². The summed E-state index contributed by atoms with van der Waals surface area (Å²) in [5, 5.41) is 8.90. The zero-order valence-electron chi connectivity index (χ0n) is 17.8. The summed E-state index contributed by atoms with van der Waals surface area (Å²) >= 11 is 1.73. The molecule has 0 saturated carbocycles. The molecular formula is C25H25BFO4S+. The Bertz CT molecular complexity index is 1140. The largest absolute Gasteiger partial charge is 0.582 e. The lowest BCUT2D eigenvalue weighted by Crippen LogP contribution is -2.76. The minimum atomic E-state index is -0.611. The summed E-state index contributed by atoms with van der Waals surface area (Å²) in [7, 11) is 0. The van der Waals surface area contributed by atoms with Gasteiger partial charge in [0, 0.05) is 27.6 Å². The van der Waals surface area contributed by atoms with Crippen molar-refractivity contribution >= 4 is 23.7 Å². The Balaban J connectivity index is 1.20. The van der Waals surface area contributed by atoms with Crippen LogP contribution in [0.15, 0.2) is 54.6 Å². The molecule has 5 heterocycles. The molecule has 3 aromatic rings. The van der Waals surface area contributed by atoms with Crippen LogP contribution in [0.3, 0.4) is 0 Å². The molecule has 2 N–H and O–H groups in total. The van der Waals surface area contributed by atoms with Crippen LogP contribution in [0.25, 0.3) is 10.4 Å². The van der Waals surface area contributed by atoms with E-state index in [1.54, 1.807) is 11.3 Å². The Morgan fingerprint density at radius 3 is 2.75 bits per heavy atom. The number of ether oxygens (including phenoxy) is 3. The molecule has 0 amide bonds. The normalized spacial score (nSPS) is 28.3. The van der Waals surface area contributed by atoms with Crippen molar-refractivity contribution in [2.24, 2.45) is 5.92 Å². The third-order valence-electron chi connectivity index (χ3n) is 7.06. The minimum absolute atomic E-state index is 0.142. The van der Waals surface area contributed by atoms with E-state index in [9.17, 15) is 4.39 Å². The highest BCUT2D eigenvalue weighted by Gasteiger charge is 2.68. The predicted octanol–water partition coefficient (Wildman–Crippen LogP) is 3.45. The van der Waals surface area contributed by atoms with Crippen molar-refractivity contribution in [1.29, 1.82) is 0 Å². The van der Waals surface area contributed by atoms with Gasteiger partial charge in [0.2, 0.25) is 0 Å². The van der Waals surface area contributed by atoms with Gasteiger partial charge in [-0.15, -0.1) is 11.3 Å². The molecule has 1 aromatic heterocycles. The first-order valence-corrected chi connectivity index (χ1v) is 11.9. The summed E-state index contributed by atoms with van der Waals surface area (Å²) in [5.74, 6) is -0.595. The number of aryl methyl sites for hydroxylation is 1. The van der Waals surface area contributed by atoms with Crippen LogP contribution in [0, 0.1) is 18.7 Å². The van der Waals surface area contributed by atoms with Crippen LogP contribution in [-0.4, -0.2) is 43.0 Å². The lowest BCUT2D eigenvalue weighted by atomic mass is 9.48. The third-order valence-corrected chi connectivity index (χ3v) is 8.20. The Labute approximate surface area is 191 Å². The average molecular weight is 451 g/mol. The van der Waals surface area contributed by atoms with Gasteiger partial charge in [0.1, 0.15) is 18.4 Å². The minimum Gasteiger partial charge on any atom is -0.547 e. The quantitative estimate of drug-likeness (QED) is 0.441. The smallest absolute Gasteiger partial charge is 0.547 e. The van der Waals surface area contributed by atoms with Gasteiger partial charge in [-0.3, -0.25) is 0 Å². The zero-order valence-corrected chi connectivity index (χ0v) is 18.7. The molecule has 2 bridgehead atoms. The summed E-state index contributed by atoms with van der Waals surface area (Å²) in [6, 6.07) is 17.1. The van der Waals surface area contributed by atoms with Crippen LogP contribution in [0.1, 0.15) is 22.4 Å². The molecule has 2 aromatic carbocycles. The van der Waals surface area contributed by atoms with Crippen LogP contribution < -0.4 is 5.46 Å². The van der Waals surface area contributed by atoms with Crippen LogP contribution in [0.4, 0.5) is 4.39 Å². The van der Waals surface area contributed by atoms with Gasteiger partial charge in [0.15, 0.2) is 5.79 Å². The van der Waals surface area contributed by atoms with E-state index in [1.807, 2.05) is 12.1 Å². The second-order valence-corrected chi connectivity index (χ2v) is 10.3. The van der Waals surface area contributed by atoms with Gasteiger partial charge in [-0.05, 0) is 54.3 Å². The lowest BCUT2D eigenvalue weighted by Gasteiger charge is -2.60. The van der Waals surface area contributed by atoms with Crippen LogP contribution in [0.5, 0.6) is 0 Å². The summed E-state index contributed by atoms with van der Waals surface area (Å²) < 4.78 is 31.0. The van der Waals surface area contributed by atoms with E-state index in [-0.39, 0.29) is 23.8 Å². The van der Waals surface area contributed by atoms with Crippen LogP contribution in [0.2, 0.25) is 0 Å². The molecule has 0 aliphatic carbocycles. The highest BCUT2D eigenvalue weighted by Crippen LogP contribution is 2.50. The third kappa shape index (κ3) is 3.44. The molecule has 164 valence electrons. The van der Waals surface area contributed by atoms with Gasteiger partial charge >= 0.3 is 6.92 Å². The fourth-order valence-electron chi connectivity index (χ4n) is 5.15. The Morgan fingerprint density at radius 1 is 1.16 bits per heavy atom. The molecule has 4 aliphatic rings. The molecule has 0 radical (unpaired) electrons. The van der Waals surface area contributed by atoms with Gasteiger partial charge in [-0.2, -0.15) is 0 Å². The molecule has 4 saturated heterocycles. The molecule has 7 heteroatoms. The van der Waals surface area contributed by atoms with Crippen molar-refractivity contribution in [2.75, 3.05) is 13.2 Å². The van der Waals surface area contributed by atoms with Crippen LogP contribution >= 0.6 is 11.3 Å². The van der Waals surface area contributed by atoms with Gasteiger partial charge in [0.25, 0.3) is 0 Å².